The van der Waals surface area contributed by atoms with Crippen molar-refractivity contribution >= 4 is 26.8 Å². The van der Waals surface area contributed by atoms with Gasteiger partial charge in [0, 0.05) is 28.3 Å². The summed E-state index contributed by atoms with van der Waals surface area (Å²) in [4.78, 5) is 3.44. The summed E-state index contributed by atoms with van der Waals surface area (Å²) in [6, 6.07) is 19.3. The van der Waals surface area contributed by atoms with Crippen molar-refractivity contribution < 1.29 is 0 Å². The Kier molecular flexibility index (Phi) is 3.90. The quantitative estimate of drug-likeness (QED) is 0.708. The Morgan fingerprint density at radius 2 is 1.85 bits per heavy atom. The van der Waals surface area contributed by atoms with E-state index < -0.39 is 0 Å². The lowest BCUT2D eigenvalue weighted by atomic mass is 10.1. The van der Waals surface area contributed by atoms with Crippen molar-refractivity contribution in [3.8, 4) is 0 Å². The molecule has 1 heterocycles. The molecule has 2 aromatic carbocycles. The molecule has 3 rings (SSSR count). The molecule has 0 aliphatic rings. The van der Waals surface area contributed by atoms with E-state index >= 15 is 0 Å². The van der Waals surface area contributed by atoms with Crippen molar-refractivity contribution in [3.63, 3.8) is 0 Å². The van der Waals surface area contributed by atoms with E-state index in [1.165, 1.54) is 22.2 Å². The van der Waals surface area contributed by atoms with Crippen molar-refractivity contribution in [1.29, 1.82) is 0 Å². The molecule has 3 heteroatoms. The summed E-state index contributed by atoms with van der Waals surface area (Å²) in [6.07, 6.45) is 0. The lowest BCUT2D eigenvalue weighted by Crippen LogP contribution is -2.18. The van der Waals surface area contributed by atoms with E-state index in [0.717, 1.165) is 11.0 Å². The predicted octanol–water partition coefficient (Wildman–Crippen LogP) is 4.78. The number of hydrogen-bond donors (Lipinski definition) is 2. The van der Waals surface area contributed by atoms with Crippen LogP contribution in [0.1, 0.15) is 24.2 Å². The van der Waals surface area contributed by atoms with Crippen LogP contribution in [-0.2, 0) is 6.54 Å². The van der Waals surface area contributed by atoms with Gasteiger partial charge in [-0.2, -0.15) is 0 Å². The number of halogens is 1. The second-order valence-corrected chi connectivity index (χ2v) is 5.95. The first-order valence-electron chi connectivity index (χ1n) is 6.78. The monoisotopic (exact) mass is 328 g/mol. The molecule has 1 atom stereocenters. The van der Waals surface area contributed by atoms with Crippen LogP contribution >= 0.6 is 15.9 Å². The Bertz CT molecular complexity index is 667. The van der Waals surface area contributed by atoms with E-state index in [0.29, 0.717) is 6.04 Å². The van der Waals surface area contributed by atoms with Crippen molar-refractivity contribution in [1.82, 2.24) is 10.3 Å². The van der Waals surface area contributed by atoms with E-state index in [1.54, 1.807) is 0 Å². The summed E-state index contributed by atoms with van der Waals surface area (Å²) in [5, 5.41) is 4.81. The van der Waals surface area contributed by atoms with Gasteiger partial charge in [0.15, 0.2) is 0 Å². The van der Waals surface area contributed by atoms with E-state index in [-0.39, 0.29) is 0 Å². The summed E-state index contributed by atoms with van der Waals surface area (Å²) >= 11 is 3.46. The molecule has 102 valence electrons. The van der Waals surface area contributed by atoms with Crippen LogP contribution in [0.25, 0.3) is 10.9 Å². The second kappa shape index (κ2) is 5.81. The van der Waals surface area contributed by atoms with Crippen molar-refractivity contribution in [3.05, 3.63) is 70.3 Å². The molecule has 2 N–H and O–H groups in total. The zero-order chi connectivity index (χ0) is 13.9. The molecule has 0 bridgehead atoms. The molecule has 0 fully saturated rings. The molecular weight excluding hydrogens is 312 g/mol. The summed E-state index contributed by atoms with van der Waals surface area (Å²) < 4.78 is 1.11. The zero-order valence-electron chi connectivity index (χ0n) is 11.4. The van der Waals surface area contributed by atoms with Gasteiger partial charge in [-0.1, -0.05) is 46.3 Å². The van der Waals surface area contributed by atoms with Crippen LogP contribution in [0.3, 0.4) is 0 Å². The maximum atomic E-state index is 3.55. The first-order chi connectivity index (χ1) is 9.72. The summed E-state index contributed by atoms with van der Waals surface area (Å²) in [5.74, 6) is 0. The number of benzene rings is 2. The standard InChI is InChI=1S/C17H17BrN2/c1-12(13-6-8-15(18)9-7-13)19-11-16-10-14-4-2-3-5-17(14)20-16/h2-10,12,19-20H,11H2,1H3/t12-/m1/s1. The first kappa shape index (κ1) is 13.4. The Morgan fingerprint density at radius 3 is 2.60 bits per heavy atom. The molecule has 0 radical (unpaired) electrons. The smallest absolute Gasteiger partial charge is 0.0456 e. The summed E-state index contributed by atoms with van der Waals surface area (Å²) in [5.41, 5.74) is 3.71. The van der Waals surface area contributed by atoms with Gasteiger partial charge in [0.1, 0.15) is 0 Å². The van der Waals surface area contributed by atoms with Crippen LogP contribution in [-0.4, -0.2) is 4.98 Å². The molecule has 3 aromatic rings. The Labute approximate surface area is 127 Å². The fourth-order valence-electron chi connectivity index (χ4n) is 2.36. The van der Waals surface area contributed by atoms with Gasteiger partial charge >= 0.3 is 0 Å². The van der Waals surface area contributed by atoms with Crippen LogP contribution in [0.2, 0.25) is 0 Å². The lowest BCUT2D eigenvalue weighted by molar-refractivity contribution is 0.569. The normalized spacial score (nSPS) is 12.7. The van der Waals surface area contributed by atoms with Gasteiger partial charge in [0.2, 0.25) is 0 Å². The number of fused-ring (bicyclic) bond motifs is 1. The lowest BCUT2D eigenvalue weighted by Gasteiger charge is -2.13. The average Bonchev–Trinajstić information content (AvgIpc) is 2.88. The molecule has 0 unspecified atom stereocenters. The van der Waals surface area contributed by atoms with Crippen LogP contribution < -0.4 is 5.32 Å². The van der Waals surface area contributed by atoms with E-state index in [2.05, 4.69) is 87.8 Å². The molecule has 1 aromatic heterocycles. The predicted molar refractivity (Wildman–Crippen MR) is 87.7 cm³/mol. The molecule has 0 amide bonds. The maximum Gasteiger partial charge on any atom is 0.0456 e. The third-order valence-corrected chi connectivity index (χ3v) is 4.08. The highest BCUT2D eigenvalue weighted by Gasteiger charge is 2.06. The average molecular weight is 329 g/mol. The Hall–Kier alpha value is -1.58. The van der Waals surface area contributed by atoms with Gasteiger partial charge < -0.3 is 10.3 Å². The highest BCUT2D eigenvalue weighted by Crippen LogP contribution is 2.18. The highest BCUT2D eigenvalue weighted by atomic mass is 79.9. The van der Waals surface area contributed by atoms with Crippen molar-refractivity contribution in [2.45, 2.75) is 19.5 Å². The molecule has 0 saturated carbocycles. The van der Waals surface area contributed by atoms with Gasteiger partial charge in [-0.25, -0.2) is 0 Å². The number of hydrogen-bond acceptors (Lipinski definition) is 1. The number of aromatic nitrogens is 1. The highest BCUT2D eigenvalue weighted by molar-refractivity contribution is 9.10. The minimum atomic E-state index is 0.328. The van der Waals surface area contributed by atoms with Crippen LogP contribution in [0.4, 0.5) is 0 Å². The zero-order valence-corrected chi connectivity index (χ0v) is 12.9. The van der Waals surface area contributed by atoms with Crippen LogP contribution in [0.5, 0.6) is 0 Å². The largest absolute Gasteiger partial charge is 0.357 e. The number of rotatable bonds is 4. The molecular formula is C17H17BrN2. The fraction of sp³-hybridized carbons (Fsp3) is 0.176. The van der Waals surface area contributed by atoms with Crippen molar-refractivity contribution in [2.75, 3.05) is 0 Å². The minimum Gasteiger partial charge on any atom is -0.357 e. The molecule has 0 spiro atoms. The molecule has 20 heavy (non-hydrogen) atoms. The molecule has 0 saturated heterocycles. The second-order valence-electron chi connectivity index (χ2n) is 5.04. The number of para-hydroxylation sites is 1. The van der Waals surface area contributed by atoms with Gasteiger partial charge in [-0.15, -0.1) is 0 Å². The topological polar surface area (TPSA) is 27.8 Å². The SMILES string of the molecule is C[C@@H](NCc1cc2ccccc2[nH]1)c1ccc(Br)cc1. The van der Waals surface area contributed by atoms with Crippen molar-refractivity contribution in [2.24, 2.45) is 0 Å². The first-order valence-corrected chi connectivity index (χ1v) is 7.57. The number of nitrogens with one attached hydrogen (secondary N) is 2. The molecule has 2 nitrogen and oxygen atoms in total. The van der Waals surface area contributed by atoms with Crippen LogP contribution in [0, 0.1) is 0 Å². The summed E-state index contributed by atoms with van der Waals surface area (Å²) in [7, 11) is 0. The van der Waals surface area contributed by atoms with Crippen LogP contribution in [0.15, 0.2) is 59.1 Å². The summed E-state index contributed by atoms with van der Waals surface area (Å²) in [6.45, 7) is 3.03. The van der Waals surface area contributed by atoms with Gasteiger partial charge in [-0.05, 0) is 42.1 Å². The fourth-order valence-corrected chi connectivity index (χ4v) is 2.63. The van der Waals surface area contributed by atoms with E-state index in [9.17, 15) is 0 Å². The van der Waals surface area contributed by atoms with Gasteiger partial charge in [0.05, 0.1) is 0 Å². The number of H-pyrrole nitrogens is 1. The third-order valence-electron chi connectivity index (χ3n) is 3.55. The number of aromatic amines is 1. The van der Waals surface area contributed by atoms with Gasteiger partial charge in [-0.3, -0.25) is 0 Å². The Morgan fingerprint density at radius 1 is 1.10 bits per heavy atom. The molecule has 0 aliphatic carbocycles. The van der Waals surface area contributed by atoms with E-state index in [4.69, 9.17) is 0 Å². The minimum absolute atomic E-state index is 0.328. The van der Waals surface area contributed by atoms with Gasteiger partial charge in [0.25, 0.3) is 0 Å². The third kappa shape index (κ3) is 2.94. The Balaban J connectivity index is 1.68. The maximum absolute atomic E-state index is 3.55. The molecule has 0 aliphatic heterocycles. The van der Waals surface area contributed by atoms with E-state index in [1.807, 2.05) is 0 Å².